The third-order valence-electron chi connectivity index (χ3n) is 4.33. The molecule has 1 aliphatic rings. The molecule has 1 aliphatic heterocycles. The van der Waals surface area contributed by atoms with E-state index in [1.165, 1.54) is 6.07 Å². The maximum absolute atomic E-state index is 13.8. The van der Waals surface area contributed by atoms with E-state index in [9.17, 15) is 9.18 Å². The van der Waals surface area contributed by atoms with Gasteiger partial charge in [-0.05, 0) is 44.2 Å². The zero-order chi connectivity index (χ0) is 18.2. The van der Waals surface area contributed by atoms with Crippen LogP contribution in [0.5, 0.6) is 0 Å². The number of amides is 1. The molecule has 1 aromatic rings. The van der Waals surface area contributed by atoms with E-state index in [4.69, 9.17) is 17.3 Å². The lowest BCUT2D eigenvalue weighted by molar-refractivity contribution is -0.119. The Hall–Kier alpha value is -1.09. The van der Waals surface area contributed by atoms with Crippen LogP contribution in [0.25, 0.3) is 0 Å². The summed E-state index contributed by atoms with van der Waals surface area (Å²) in [6.45, 7) is 4.85. The van der Waals surface area contributed by atoms with Crippen molar-refractivity contribution in [3.63, 3.8) is 0 Å². The van der Waals surface area contributed by atoms with Gasteiger partial charge >= 0.3 is 0 Å². The third kappa shape index (κ3) is 6.90. The summed E-state index contributed by atoms with van der Waals surface area (Å²) in [4.78, 5) is 17.9. The fraction of sp³-hybridized carbons (Fsp3) is 0.556. The maximum atomic E-state index is 13.8. The van der Waals surface area contributed by atoms with Gasteiger partial charge in [0.05, 0.1) is 0 Å². The van der Waals surface area contributed by atoms with Gasteiger partial charge in [-0.2, -0.15) is 0 Å². The fourth-order valence-corrected chi connectivity index (χ4v) is 3.44. The molecule has 8 heteroatoms. The maximum Gasteiger partial charge on any atom is 0.217 e. The van der Waals surface area contributed by atoms with Crippen molar-refractivity contribution in [2.24, 2.45) is 16.6 Å². The van der Waals surface area contributed by atoms with E-state index in [0.717, 1.165) is 38.4 Å². The van der Waals surface area contributed by atoms with Crippen molar-refractivity contribution in [3.8, 4) is 0 Å². The summed E-state index contributed by atoms with van der Waals surface area (Å²) >= 11 is 6.06. The van der Waals surface area contributed by atoms with Gasteiger partial charge in [0.1, 0.15) is 5.82 Å². The molecule has 3 N–H and O–H groups in total. The molecule has 0 saturated carbocycles. The molecule has 0 aliphatic carbocycles. The number of carbonyl (C=O) groups is 1. The fourth-order valence-electron chi connectivity index (χ4n) is 3.18. The van der Waals surface area contributed by atoms with Gasteiger partial charge in [-0.1, -0.05) is 17.7 Å². The molecule has 0 aromatic heterocycles. The molecular weight excluding hydrogens is 470 g/mol. The predicted molar refractivity (Wildman–Crippen MR) is 115 cm³/mol. The molecule has 1 atom stereocenters. The smallest absolute Gasteiger partial charge is 0.217 e. The Kier molecular flexibility index (Phi) is 10.2. The van der Waals surface area contributed by atoms with E-state index in [1.54, 1.807) is 12.1 Å². The molecule has 1 amide bonds. The molecule has 1 unspecified atom stereocenters. The largest absolute Gasteiger partial charge is 0.370 e. The SMILES string of the molecule is CCNC(=NCCc1c(F)cccc1Cl)N1CCCC(CC(N)=O)C1.I. The molecule has 2 rings (SSSR count). The first-order chi connectivity index (χ1) is 12.0. The lowest BCUT2D eigenvalue weighted by Gasteiger charge is -2.34. The number of rotatable bonds is 6. The minimum atomic E-state index is -0.299. The second-order valence-electron chi connectivity index (χ2n) is 6.31. The van der Waals surface area contributed by atoms with E-state index >= 15 is 0 Å². The number of guanidine groups is 1. The summed E-state index contributed by atoms with van der Waals surface area (Å²) in [6.07, 6.45) is 2.85. The number of aliphatic imine (C=N–C) groups is 1. The first-order valence-corrected chi connectivity index (χ1v) is 9.13. The van der Waals surface area contributed by atoms with Crippen molar-refractivity contribution >= 4 is 47.4 Å². The summed E-state index contributed by atoms with van der Waals surface area (Å²) in [7, 11) is 0. The number of benzene rings is 1. The zero-order valence-electron chi connectivity index (χ0n) is 15.0. The highest BCUT2D eigenvalue weighted by Gasteiger charge is 2.23. The van der Waals surface area contributed by atoms with Gasteiger partial charge in [0.2, 0.25) is 5.91 Å². The Balaban J connectivity index is 0.00000338. The molecular formula is C18H27ClFIN4O. The summed E-state index contributed by atoms with van der Waals surface area (Å²) in [5.41, 5.74) is 5.82. The molecule has 1 aromatic carbocycles. The van der Waals surface area contributed by atoms with Crippen LogP contribution in [0, 0.1) is 11.7 Å². The molecule has 26 heavy (non-hydrogen) atoms. The van der Waals surface area contributed by atoms with Crippen LogP contribution in [0.1, 0.15) is 31.7 Å². The first-order valence-electron chi connectivity index (χ1n) is 8.75. The van der Waals surface area contributed by atoms with Gasteiger partial charge in [-0.3, -0.25) is 9.79 Å². The molecule has 1 heterocycles. The molecule has 1 fully saturated rings. The third-order valence-corrected chi connectivity index (χ3v) is 4.68. The average Bonchev–Trinajstić information content (AvgIpc) is 2.56. The number of primary amides is 1. The Morgan fingerprint density at radius 2 is 2.27 bits per heavy atom. The number of likely N-dealkylation sites (tertiary alicyclic amines) is 1. The quantitative estimate of drug-likeness (QED) is 0.361. The van der Waals surface area contributed by atoms with Crippen molar-refractivity contribution in [2.45, 2.75) is 32.6 Å². The second kappa shape index (κ2) is 11.6. The zero-order valence-corrected chi connectivity index (χ0v) is 18.1. The lowest BCUT2D eigenvalue weighted by atomic mass is 9.95. The number of carbonyl (C=O) groups excluding carboxylic acids is 1. The van der Waals surface area contributed by atoms with Crippen molar-refractivity contribution in [1.82, 2.24) is 10.2 Å². The monoisotopic (exact) mass is 496 g/mol. The normalized spacial score (nSPS) is 17.6. The molecule has 0 bridgehead atoms. The van der Waals surface area contributed by atoms with E-state index in [0.29, 0.717) is 30.0 Å². The standard InChI is InChI=1S/C18H26ClFN4O.HI/c1-2-22-18(24-10-4-5-13(12-24)11-17(21)25)23-9-8-14-15(19)6-3-7-16(14)20;/h3,6-7,13H,2,4-5,8-12H2,1H3,(H2,21,25)(H,22,23);1H. The summed E-state index contributed by atoms with van der Waals surface area (Å²) in [5, 5.41) is 3.70. The van der Waals surface area contributed by atoms with Crippen molar-refractivity contribution in [3.05, 3.63) is 34.6 Å². The van der Waals surface area contributed by atoms with Crippen LogP contribution in [0.4, 0.5) is 4.39 Å². The molecule has 146 valence electrons. The Bertz CT molecular complexity index is 609. The van der Waals surface area contributed by atoms with Gasteiger partial charge in [0.25, 0.3) is 0 Å². The van der Waals surface area contributed by atoms with Crippen LogP contribution in [-0.2, 0) is 11.2 Å². The van der Waals surface area contributed by atoms with Gasteiger partial charge < -0.3 is 16.0 Å². The molecule has 1 saturated heterocycles. The Morgan fingerprint density at radius 1 is 1.50 bits per heavy atom. The minimum Gasteiger partial charge on any atom is -0.370 e. The lowest BCUT2D eigenvalue weighted by Crippen LogP contribution is -2.47. The highest BCUT2D eigenvalue weighted by molar-refractivity contribution is 14.0. The van der Waals surface area contributed by atoms with Crippen molar-refractivity contribution < 1.29 is 9.18 Å². The van der Waals surface area contributed by atoms with Crippen LogP contribution in [0.3, 0.4) is 0 Å². The average molecular weight is 497 g/mol. The number of hydrogen-bond donors (Lipinski definition) is 2. The van der Waals surface area contributed by atoms with Crippen molar-refractivity contribution in [2.75, 3.05) is 26.2 Å². The van der Waals surface area contributed by atoms with E-state index in [1.807, 2.05) is 6.92 Å². The highest BCUT2D eigenvalue weighted by Crippen LogP contribution is 2.21. The highest BCUT2D eigenvalue weighted by atomic mass is 127. The van der Waals surface area contributed by atoms with Gasteiger partial charge in [0, 0.05) is 43.2 Å². The van der Waals surface area contributed by atoms with Gasteiger partial charge in [0.15, 0.2) is 5.96 Å². The van der Waals surface area contributed by atoms with Crippen LogP contribution in [0.2, 0.25) is 5.02 Å². The molecule has 0 radical (unpaired) electrons. The van der Waals surface area contributed by atoms with Crippen LogP contribution < -0.4 is 11.1 Å². The number of halogens is 3. The van der Waals surface area contributed by atoms with E-state index < -0.39 is 0 Å². The van der Waals surface area contributed by atoms with Gasteiger partial charge in [-0.15, -0.1) is 24.0 Å². The van der Waals surface area contributed by atoms with Crippen molar-refractivity contribution in [1.29, 1.82) is 0 Å². The second-order valence-corrected chi connectivity index (χ2v) is 6.72. The number of piperidine rings is 1. The molecule has 0 spiro atoms. The van der Waals surface area contributed by atoms with Gasteiger partial charge in [-0.25, -0.2) is 4.39 Å². The van der Waals surface area contributed by atoms with E-state index in [-0.39, 0.29) is 41.6 Å². The molecule has 5 nitrogen and oxygen atoms in total. The minimum absolute atomic E-state index is 0. The first kappa shape index (κ1) is 23.0. The Labute approximate surface area is 176 Å². The number of nitrogens with one attached hydrogen (secondary N) is 1. The summed E-state index contributed by atoms with van der Waals surface area (Å²) < 4.78 is 13.8. The number of nitrogens with zero attached hydrogens (tertiary/aromatic N) is 2. The number of hydrogen-bond acceptors (Lipinski definition) is 2. The van der Waals surface area contributed by atoms with Crippen LogP contribution >= 0.6 is 35.6 Å². The predicted octanol–water partition coefficient (Wildman–Crippen LogP) is 3.19. The topological polar surface area (TPSA) is 70.7 Å². The van der Waals surface area contributed by atoms with Crippen LogP contribution in [-0.4, -0.2) is 42.9 Å². The summed E-state index contributed by atoms with van der Waals surface area (Å²) in [5.74, 6) is 0.496. The van der Waals surface area contributed by atoms with E-state index in [2.05, 4.69) is 15.2 Å². The Morgan fingerprint density at radius 3 is 2.92 bits per heavy atom. The van der Waals surface area contributed by atoms with Crippen LogP contribution in [0.15, 0.2) is 23.2 Å². The number of nitrogens with two attached hydrogens (primary N) is 1. The summed E-state index contributed by atoms with van der Waals surface area (Å²) in [6, 6.07) is 4.70.